The molecule has 0 atom stereocenters. The Kier molecular flexibility index (Phi) is 11.7. The highest BCUT2D eigenvalue weighted by atomic mass is 28.3. The molecule has 4 rings (SSSR count). The maximum Gasteiger partial charge on any atom is 0.129 e. The average Bonchev–Trinajstić information content (AvgIpc) is 3.03. The third kappa shape index (κ3) is 11.3. The van der Waals surface area contributed by atoms with Gasteiger partial charge in [-0.15, -0.1) is 16.6 Å². The van der Waals surface area contributed by atoms with Gasteiger partial charge in [0.1, 0.15) is 24.2 Å². The SMILES string of the molecule is C[Si](C)(C)C#Cc1c(C#Cc2ccccc2)c(C#C[Si](C)(C)C)c(C#Cc2ccccc2)c(C#C[Si](C)(C)C)c1C#Cc1ccccc1. The zero-order chi connectivity index (χ0) is 34.8. The summed E-state index contributed by atoms with van der Waals surface area (Å²) in [6, 6.07) is 30.2. The van der Waals surface area contributed by atoms with Crippen LogP contribution in [0.3, 0.4) is 0 Å². The first-order valence-electron chi connectivity index (χ1n) is 16.2. The molecule has 0 saturated carbocycles. The summed E-state index contributed by atoms with van der Waals surface area (Å²) in [6.07, 6.45) is 0. The minimum absolute atomic E-state index is 0.767. The maximum atomic E-state index is 3.63. The fourth-order valence-electron chi connectivity index (χ4n) is 4.22. The standard InChI is InChI=1S/C45H42Si3/c1-46(2,3)34-31-43-40(28-25-37-19-13-10-14-20-37)44(32-35-47(4,5)6)42(30-27-39-23-17-12-18-24-39)45(33-36-48(7,8)9)41(43)29-26-38-21-15-11-16-22-38/h10-24H,1-9H3. The topological polar surface area (TPSA) is 0 Å². The van der Waals surface area contributed by atoms with Crippen LogP contribution in [0.2, 0.25) is 58.9 Å². The van der Waals surface area contributed by atoms with E-state index in [4.69, 9.17) is 0 Å². The second-order valence-corrected chi connectivity index (χ2v) is 28.8. The van der Waals surface area contributed by atoms with Crippen LogP contribution in [0.4, 0.5) is 0 Å². The van der Waals surface area contributed by atoms with Gasteiger partial charge in [0.25, 0.3) is 0 Å². The first-order valence-corrected chi connectivity index (χ1v) is 26.7. The van der Waals surface area contributed by atoms with Crippen molar-refractivity contribution in [2.45, 2.75) is 58.9 Å². The molecule has 0 amide bonds. The normalized spacial score (nSPS) is 10.4. The second-order valence-electron chi connectivity index (χ2n) is 14.6. The molecular weight excluding hydrogens is 625 g/mol. The van der Waals surface area contributed by atoms with E-state index in [0.29, 0.717) is 0 Å². The molecular formula is C45H42Si3. The fraction of sp³-hybridized carbons (Fsp3) is 0.200. The first-order chi connectivity index (χ1) is 22.7. The summed E-state index contributed by atoms with van der Waals surface area (Å²) in [5.41, 5.74) is 18.3. The molecule has 0 bridgehead atoms. The van der Waals surface area contributed by atoms with Crippen LogP contribution in [0.25, 0.3) is 0 Å². The molecule has 3 heteroatoms. The predicted molar refractivity (Wildman–Crippen MR) is 214 cm³/mol. The summed E-state index contributed by atoms with van der Waals surface area (Å²) >= 11 is 0. The Morgan fingerprint density at radius 1 is 0.271 bits per heavy atom. The molecule has 4 aromatic carbocycles. The molecule has 0 aromatic heterocycles. The molecule has 0 fully saturated rings. The Morgan fingerprint density at radius 2 is 0.479 bits per heavy atom. The molecule has 0 radical (unpaired) electrons. The lowest BCUT2D eigenvalue weighted by molar-refractivity contribution is 1.44. The lowest BCUT2D eigenvalue weighted by Crippen LogP contribution is -2.18. The van der Waals surface area contributed by atoms with E-state index >= 15 is 0 Å². The Balaban J connectivity index is 2.32. The Bertz CT molecular complexity index is 1890. The van der Waals surface area contributed by atoms with Gasteiger partial charge in [0.05, 0.1) is 33.4 Å². The van der Waals surface area contributed by atoms with Gasteiger partial charge >= 0.3 is 0 Å². The number of hydrogen-bond donors (Lipinski definition) is 0. The van der Waals surface area contributed by atoms with E-state index in [1.165, 1.54) is 0 Å². The molecule has 0 spiro atoms. The van der Waals surface area contributed by atoms with Crippen LogP contribution in [-0.4, -0.2) is 24.2 Å². The third-order valence-corrected chi connectivity index (χ3v) is 9.13. The van der Waals surface area contributed by atoms with E-state index in [1.807, 2.05) is 91.0 Å². The number of rotatable bonds is 0. The van der Waals surface area contributed by atoms with E-state index in [-0.39, 0.29) is 0 Å². The minimum atomic E-state index is -1.81. The third-order valence-electron chi connectivity index (χ3n) is 6.50. The summed E-state index contributed by atoms with van der Waals surface area (Å²) in [5.74, 6) is 31.8. The highest BCUT2D eigenvalue weighted by molar-refractivity contribution is 6.84. The van der Waals surface area contributed by atoms with Crippen LogP contribution in [0.5, 0.6) is 0 Å². The Labute approximate surface area is 292 Å². The van der Waals surface area contributed by atoms with Gasteiger partial charge in [0, 0.05) is 16.7 Å². The summed E-state index contributed by atoms with van der Waals surface area (Å²) in [5, 5.41) is 0. The summed E-state index contributed by atoms with van der Waals surface area (Å²) < 4.78 is 0. The number of hydrogen-bond acceptors (Lipinski definition) is 0. The first kappa shape index (κ1) is 35.7. The van der Waals surface area contributed by atoms with Gasteiger partial charge in [-0.25, -0.2) is 0 Å². The van der Waals surface area contributed by atoms with E-state index in [2.05, 4.69) is 129 Å². The van der Waals surface area contributed by atoms with Gasteiger partial charge < -0.3 is 0 Å². The highest BCUT2D eigenvalue weighted by Crippen LogP contribution is 2.28. The smallest absolute Gasteiger partial charge is 0.127 e. The zero-order valence-electron chi connectivity index (χ0n) is 29.7. The molecule has 48 heavy (non-hydrogen) atoms. The maximum absolute atomic E-state index is 3.63. The fourth-order valence-corrected chi connectivity index (χ4v) is 5.72. The summed E-state index contributed by atoms with van der Waals surface area (Å²) in [7, 11) is -5.42. The van der Waals surface area contributed by atoms with Crippen LogP contribution in [0.15, 0.2) is 91.0 Å². The van der Waals surface area contributed by atoms with Crippen molar-refractivity contribution in [2.24, 2.45) is 0 Å². The van der Waals surface area contributed by atoms with Gasteiger partial charge in [-0.05, 0) is 36.4 Å². The Morgan fingerprint density at radius 3 is 0.688 bits per heavy atom. The van der Waals surface area contributed by atoms with Crippen molar-refractivity contribution in [3.8, 4) is 69.9 Å². The van der Waals surface area contributed by atoms with Crippen molar-refractivity contribution in [1.29, 1.82) is 0 Å². The highest BCUT2D eigenvalue weighted by Gasteiger charge is 2.22. The molecule has 0 aliphatic rings. The quantitative estimate of drug-likeness (QED) is 0.130. The predicted octanol–water partition coefficient (Wildman–Crippen LogP) is 9.57. The minimum Gasteiger partial charge on any atom is -0.127 e. The number of benzene rings is 4. The van der Waals surface area contributed by atoms with Crippen LogP contribution in [0.1, 0.15) is 50.1 Å². The van der Waals surface area contributed by atoms with Crippen molar-refractivity contribution in [1.82, 2.24) is 0 Å². The van der Waals surface area contributed by atoms with Crippen molar-refractivity contribution in [2.75, 3.05) is 0 Å². The lowest BCUT2D eigenvalue weighted by Gasteiger charge is -2.14. The van der Waals surface area contributed by atoms with Gasteiger partial charge in [-0.1, -0.05) is 167 Å². The largest absolute Gasteiger partial charge is 0.129 e. The molecule has 0 nitrogen and oxygen atoms in total. The van der Waals surface area contributed by atoms with Crippen LogP contribution in [0, 0.1) is 69.9 Å². The van der Waals surface area contributed by atoms with Gasteiger partial charge in [-0.3, -0.25) is 0 Å². The van der Waals surface area contributed by atoms with Crippen LogP contribution in [-0.2, 0) is 0 Å². The van der Waals surface area contributed by atoms with Gasteiger partial charge in [-0.2, -0.15) is 0 Å². The van der Waals surface area contributed by atoms with E-state index in [0.717, 1.165) is 50.1 Å². The summed E-state index contributed by atoms with van der Waals surface area (Å²) in [4.78, 5) is 0. The molecule has 234 valence electrons. The molecule has 4 aromatic rings. The van der Waals surface area contributed by atoms with E-state index < -0.39 is 24.2 Å². The molecule has 0 saturated heterocycles. The molecule has 0 aliphatic carbocycles. The average molecular weight is 667 g/mol. The Hall–Kier alpha value is -5.11. The lowest BCUT2D eigenvalue weighted by atomic mass is 9.87. The monoisotopic (exact) mass is 666 g/mol. The van der Waals surface area contributed by atoms with Crippen molar-refractivity contribution in [3.63, 3.8) is 0 Å². The van der Waals surface area contributed by atoms with Gasteiger partial charge in [0.2, 0.25) is 0 Å². The van der Waals surface area contributed by atoms with Crippen molar-refractivity contribution >= 4 is 24.2 Å². The summed E-state index contributed by atoms with van der Waals surface area (Å²) in [6.45, 7) is 20.3. The molecule has 0 heterocycles. The van der Waals surface area contributed by atoms with E-state index in [9.17, 15) is 0 Å². The van der Waals surface area contributed by atoms with Crippen molar-refractivity contribution < 1.29 is 0 Å². The zero-order valence-corrected chi connectivity index (χ0v) is 32.7. The van der Waals surface area contributed by atoms with Gasteiger partial charge in [0.15, 0.2) is 0 Å². The second kappa shape index (κ2) is 15.7. The molecule has 0 N–H and O–H groups in total. The molecule has 0 unspecified atom stereocenters. The van der Waals surface area contributed by atoms with E-state index in [1.54, 1.807) is 0 Å². The van der Waals surface area contributed by atoms with Crippen molar-refractivity contribution in [3.05, 3.63) is 141 Å². The van der Waals surface area contributed by atoms with Crippen LogP contribution < -0.4 is 0 Å². The molecule has 0 aliphatic heterocycles. The van der Waals surface area contributed by atoms with Crippen LogP contribution >= 0.6 is 0 Å².